The number of amides is 1. The van der Waals surface area contributed by atoms with Crippen LogP contribution in [0.2, 0.25) is 0 Å². The normalized spacial score (nSPS) is 11.4. The van der Waals surface area contributed by atoms with E-state index in [2.05, 4.69) is 0 Å². The van der Waals surface area contributed by atoms with Crippen molar-refractivity contribution in [3.05, 3.63) is 29.8 Å². The quantitative estimate of drug-likeness (QED) is 0.497. The number of para-hydroxylation sites is 1. The molecule has 1 aromatic rings. The molecule has 112 valence electrons. The molecule has 1 rings (SSSR count). The van der Waals surface area contributed by atoms with Gasteiger partial charge in [-0.25, -0.2) is 8.42 Å². The number of sulfone groups is 1. The van der Waals surface area contributed by atoms with Gasteiger partial charge in [-0.05, 0) is 18.1 Å². The van der Waals surface area contributed by atoms with Gasteiger partial charge in [-0.1, -0.05) is 18.2 Å². The average Bonchev–Trinajstić information content (AvgIpc) is 2.38. The van der Waals surface area contributed by atoms with Crippen molar-refractivity contribution in [3.63, 3.8) is 0 Å². The lowest BCUT2D eigenvalue weighted by Gasteiger charge is -2.07. The van der Waals surface area contributed by atoms with Gasteiger partial charge in [0.1, 0.15) is 0 Å². The van der Waals surface area contributed by atoms with Crippen LogP contribution >= 0.6 is 0 Å². The topological polar surface area (TPSA) is 112 Å². The van der Waals surface area contributed by atoms with Gasteiger partial charge >= 0.3 is 0 Å². The van der Waals surface area contributed by atoms with E-state index in [0.717, 1.165) is 5.56 Å². The number of hydrogen-bond donors (Lipinski definition) is 2. The molecule has 7 heteroatoms. The molecule has 0 aliphatic rings. The van der Waals surface area contributed by atoms with Crippen LogP contribution in [0.4, 0.5) is 5.69 Å². The summed E-state index contributed by atoms with van der Waals surface area (Å²) in [6.07, 6.45) is 0.483. The third-order valence-corrected chi connectivity index (χ3v) is 4.38. The van der Waals surface area contributed by atoms with Crippen molar-refractivity contribution in [2.75, 3.05) is 30.5 Å². The van der Waals surface area contributed by atoms with Crippen LogP contribution in [0.15, 0.2) is 24.3 Å². The minimum absolute atomic E-state index is 0.105. The fourth-order valence-electron chi connectivity index (χ4n) is 1.59. The smallest absolute Gasteiger partial charge is 0.218 e. The Morgan fingerprint density at radius 2 is 1.85 bits per heavy atom. The van der Waals surface area contributed by atoms with E-state index in [9.17, 15) is 13.2 Å². The number of hydrogen-bond acceptors (Lipinski definition) is 5. The zero-order valence-corrected chi connectivity index (χ0v) is 12.1. The van der Waals surface area contributed by atoms with Gasteiger partial charge in [0.15, 0.2) is 9.84 Å². The Bertz CT molecular complexity index is 543. The minimum Gasteiger partial charge on any atom is -0.399 e. The molecule has 0 aliphatic carbocycles. The van der Waals surface area contributed by atoms with E-state index in [0.29, 0.717) is 18.7 Å². The van der Waals surface area contributed by atoms with E-state index >= 15 is 0 Å². The number of carbonyl (C=O) groups is 1. The SMILES string of the molecule is NC(=O)CCS(=O)(=O)CCOCCc1ccccc1N. The van der Waals surface area contributed by atoms with Crippen molar-refractivity contribution in [1.82, 2.24) is 0 Å². The van der Waals surface area contributed by atoms with Crippen molar-refractivity contribution in [2.45, 2.75) is 12.8 Å². The Morgan fingerprint density at radius 1 is 1.15 bits per heavy atom. The van der Waals surface area contributed by atoms with Crippen molar-refractivity contribution >= 4 is 21.4 Å². The van der Waals surface area contributed by atoms with Crippen LogP contribution in [0.3, 0.4) is 0 Å². The second-order valence-corrected chi connectivity index (χ2v) is 6.73. The molecular weight excluding hydrogens is 280 g/mol. The van der Waals surface area contributed by atoms with E-state index in [1.54, 1.807) is 0 Å². The zero-order chi connectivity index (χ0) is 15.0. The molecule has 4 N–H and O–H groups in total. The number of carbonyl (C=O) groups excluding carboxylic acids is 1. The molecule has 6 nitrogen and oxygen atoms in total. The van der Waals surface area contributed by atoms with Crippen molar-refractivity contribution in [1.29, 1.82) is 0 Å². The summed E-state index contributed by atoms with van der Waals surface area (Å²) in [5.41, 5.74) is 12.4. The third-order valence-electron chi connectivity index (χ3n) is 2.77. The first-order valence-corrected chi connectivity index (χ1v) is 8.13. The summed E-state index contributed by atoms with van der Waals surface area (Å²) >= 11 is 0. The molecule has 0 aromatic heterocycles. The minimum atomic E-state index is -3.28. The number of rotatable bonds is 9. The van der Waals surface area contributed by atoms with Gasteiger partial charge in [0.05, 0.1) is 24.7 Å². The monoisotopic (exact) mass is 300 g/mol. The predicted molar refractivity (Wildman–Crippen MR) is 77.8 cm³/mol. The van der Waals surface area contributed by atoms with Crippen molar-refractivity contribution in [2.24, 2.45) is 5.73 Å². The average molecular weight is 300 g/mol. The lowest BCUT2D eigenvalue weighted by Crippen LogP contribution is -2.21. The zero-order valence-electron chi connectivity index (χ0n) is 11.2. The van der Waals surface area contributed by atoms with Crippen LogP contribution in [0.5, 0.6) is 0 Å². The Balaban J connectivity index is 2.22. The molecule has 0 unspecified atom stereocenters. The highest BCUT2D eigenvalue weighted by Crippen LogP contribution is 2.10. The summed E-state index contributed by atoms with van der Waals surface area (Å²) in [5.74, 6) is -0.948. The van der Waals surface area contributed by atoms with Crippen LogP contribution in [0, 0.1) is 0 Å². The second kappa shape index (κ2) is 7.86. The number of primary amides is 1. The van der Waals surface area contributed by atoms with E-state index in [1.807, 2.05) is 24.3 Å². The first kappa shape index (κ1) is 16.5. The number of ether oxygens (including phenoxy) is 1. The molecule has 1 amide bonds. The summed E-state index contributed by atoms with van der Waals surface area (Å²) < 4.78 is 28.3. The van der Waals surface area contributed by atoms with Gasteiger partial charge in [0.25, 0.3) is 0 Å². The van der Waals surface area contributed by atoms with Gasteiger partial charge in [-0.15, -0.1) is 0 Å². The number of nitrogens with two attached hydrogens (primary N) is 2. The first-order valence-electron chi connectivity index (χ1n) is 6.30. The Labute approximate surface area is 119 Å². The highest BCUT2D eigenvalue weighted by Gasteiger charge is 2.12. The van der Waals surface area contributed by atoms with Gasteiger partial charge in [0.2, 0.25) is 5.91 Å². The first-order chi connectivity index (χ1) is 9.41. The highest BCUT2D eigenvalue weighted by molar-refractivity contribution is 7.91. The van der Waals surface area contributed by atoms with Crippen molar-refractivity contribution in [3.8, 4) is 0 Å². The maximum atomic E-state index is 11.5. The molecule has 0 radical (unpaired) electrons. The molecule has 0 saturated heterocycles. The highest BCUT2D eigenvalue weighted by atomic mass is 32.2. The Morgan fingerprint density at radius 3 is 2.50 bits per heavy atom. The standard InChI is InChI=1S/C13H20N2O4S/c14-12-4-2-1-3-11(12)5-7-19-8-10-20(17,18)9-6-13(15)16/h1-4H,5-10,14H2,(H2,15,16). The van der Waals surface area contributed by atoms with E-state index < -0.39 is 15.7 Å². The van der Waals surface area contributed by atoms with E-state index in [4.69, 9.17) is 16.2 Å². The second-order valence-electron chi connectivity index (χ2n) is 4.43. The predicted octanol–water partition coefficient (Wildman–Crippen LogP) is 0.118. The van der Waals surface area contributed by atoms with Crippen molar-refractivity contribution < 1.29 is 17.9 Å². The molecule has 1 aromatic carbocycles. The van der Waals surface area contributed by atoms with Crippen LogP contribution in [0.25, 0.3) is 0 Å². The van der Waals surface area contributed by atoms with Gasteiger partial charge in [-0.3, -0.25) is 4.79 Å². The summed E-state index contributed by atoms with van der Waals surface area (Å²) in [6.45, 7) is 0.507. The summed E-state index contributed by atoms with van der Waals surface area (Å²) in [6, 6.07) is 7.46. The Hall–Kier alpha value is -1.60. The molecule has 0 heterocycles. The number of nitrogen functional groups attached to an aromatic ring is 1. The summed E-state index contributed by atoms with van der Waals surface area (Å²) in [4.78, 5) is 10.5. The molecule has 0 aliphatic heterocycles. The lowest BCUT2D eigenvalue weighted by atomic mass is 10.1. The fraction of sp³-hybridized carbons (Fsp3) is 0.462. The summed E-state index contributed by atoms with van der Waals surface area (Å²) in [7, 11) is -3.28. The van der Waals surface area contributed by atoms with Gasteiger partial charge < -0.3 is 16.2 Å². The summed E-state index contributed by atoms with van der Waals surface area (Å²) in [5, 5.41) is 0. The molecule has 20 heavy (non-hydrogen) atoms. The largest absolute Gasteiger partial charge is 0.399 e. The van der Waals surface area contributed by atoms with E-state index in [-0.39, 0.29) is 24.5 Å². The molecule has 0 saturated carbocycles. The van der Waals surface area contributed by atoms with Crippen LogP contribution in [-0.2, 0) is 25.8 Å². The van der Waals surface area contributed by atoms with E-state index in [1.165, 1.54) is 0 Å². The molecule has 0 bridgehead atoms. The molecule has 0 atom stereocenters. The number of anilines is 1. The maximum Gasteiger partial charge on any atom is 0.218 e. The maximum absolute atomic E-state index is 11.5. The molecule has 0 spiro atoms. The molecular formula is C13H20N2O4S. The Kier molecular flexibility index (Phi) is 6.47. The van der Waals surface area contributed by atoms with Gasteiger partial charge in [0, 0.05) is 12.1 Å². The van der Waals surface area contributed by atoms with Gasteiger partial charge in [-0.2, -0.15) is 0 Å². The van der Waals surface area contributed by atoms with Crippen LogP contribution in [0.1, 0.15) is 12.0 Å². The van der Waals surface area contributed by atoms with Crippen LogP contribution in [-0.4, -0.2) is 39.0 Å². The molecule has 0 fully saturated rings. The lowest BCUT2D eigenvalue weighted by molar-refractivity contribution is -0.117. The number of benzene rings is 1. The third kappa shape index (κ3) is 6.53. The van der Waals surface area contributed by atoms with Crippen LogP contribution < -0.4 is 11.5 Å². The fourth-order valence-corrected chi connectivity index (χ4v) is 2.68.